The van der Waals surface area contributed by atoms with Crippen molar-refractivity contribution in [3.05, 3.63) is 81.9 Å². The van der Waals surface area contributed by atoms with E-state index in [-0.39, 0.29) is 11.5 Å². The van der Waals surface area contributed by atoms with E-state index in [4.69, 9.17) is 0 Å². The Balaban J connectivity index is 1.51. The molecular formula is C25H27N5O2. The third kappa shape index (κ3) is 4.19. The Labute approximate surface area is 186 Å². The summed E-state index contributed by atoms with van der Waals surface area (Å²) in [6.07, 6.45) is 1.67. The van der Waals surface area contributed by atoms with Crippen LogP contribution in [-0.4, -0.2) is 25.5 Å². The van der Waals surface area contributed by atoms with E-state index in [1.54, 1.807) is 4.68 Å². The maximum absolute atomic E-state index is 13.1. The number of anilines is 1. The average Bonchev–Trinajstić information content (AvgIpc) is 3.16. The van der Waals surface area contributed by atoms with Crippen molar-refractivity contribution in [1.82, 2.24) is 19.6 Å². The van der Waals surface area contributed by atoms with E-state index < -0.39 is 0 Å². The van der Waals surface area contributed by atoms with Gasteiger partial charge in [0.05, 0.1) is 22.5 Å². The predicted octanol–water partition coefficient (Wildman–Crippen LogP) is 4.18. The normalized spacial score (nSPS) is 11.1. The highest BCUT2D eigenvalue weighted by Crippen LogP contribution is 2.21. The summed E-state index contributed by atoms with van der Waals surface area (Å²) in [7, 11) is 0. The van der Waals surface area contributed by atoms with Gasteiger partial charge in [0.1, 0.15) is 0 Å². The van der Waals surface area contributed by atoms with Crippen LogP contribution in [0.2, 0.25) is 0 Å². The lowest BCUT2D eigenvalue weighted by molar-refractivity contribution is -0.116. The molecular weight excluding hydrogens is 402 g/mol. The maximum atomic E-state index is 13.1. The minimum atomic E-state index is -0.236. The van der Waals surface area contributed by atoms with E-state index in [9.17, 15) is 9.59 Å². The highest BCUT2D eigenvalue weighted by molar-refractivity contribution is 5.91. The lowest BCUT2D eigenvalue weighted by Gasteiger charge is -2.10. The first-order valence-corrected chi connectivity index (χ1v) is 10.9. The molecule has 7 heteroatoms. The van der Waals surface area contributed by atoms with Gasteiger partial charge in [-0.05, 0) is 50.5 Å². The number of carbonyl (C=O) groups is 1. The number of benzene rings is 2. The van der Waals surface area contributed by atoms with Crippen LogP contribution in [0.1, 0.15) is 36.7 Å². The van der Waals surface area contributed by atoms with E-state index in [1.807, 2.05) is 68.4 Å². The van der Waals surface area contributed by atoms with Crippen LogP contribution in [0.3, 0.4) is 0 Å². The second-order valence-electron chi connectivity index (χ2n) is 7.83. The Hall–Kier alpha value is -3.74. The molecule has 0 atom stereocenters. The predicted molar refractivity (Wildman–Crippen MR) is 126 cm³/mol. The van der Waals surface area contributed by atoms with Crippen LogP contribution in [0.25, 0.3) is 16.6 Å². The molecule has 2 aromatic carbocycles. The number of hydrogen-bond acceptors (Lipinski definition) is 4. The molecule has 0 aliphatic rings. The molecule has 0 saturated heterocycles. The van der Waals surface area contributed by atoms with Crippen molar-refractivity contribution in [1.29, 1.82) is 0 Å². The Morgan fingerprint density at radius 1 is 1.00 bits per heavy atom. The maximum Gasteiger partial charge on any atom is 0.295 e. The standard InChI is InChI=1S/C25H27N5O2/c1-4-19-11-8-9-14-21(19)26-22(31)15-10-16-29-25(32)24-23(17(2)27-29)18(3)30(28-24)20-12-6-5-7-13-20/h5-9,11-14H,4,10,15-16H2,1-3H3,(H,26,31). The first kappa shape index (κ1) is 21.5. The Morgan fingerprint density at radius 3 is 2.47 bits per heavy atom. The molecule has 4 aromatic rings. The number of para-hydroxylation sites is 2. The van der Waals surface area contributed by atoms with Crippen molar-refractivity contribution in [2.45, 2.75) is 46.6 Å². The van der Waals surface area contributed by atoms with Crippen LogP contribution in [0.5, 0.6) is 0 Å². The third-order valence-corrected chi connectivity index (χ3v) is 5.63. The number of hydrogen-bond donors (Lipinski definition) is 1. The molecule has 4 rings (SSSR count). The van der Waals surface area contributed by atoms with Crippen LogP contribution >= 0.6 is 0 Å². The lowest BCUT2D eigenvalue weighted by Crippen LogP contribution is -2.25. The number of amides is 1. The van der Waals surface area contributed by atoms with Gasteiger partial charge in [-0.25, -0.2) is 9.36 Å². The van der Waals surface area contributed by atoms with E-state index in [1.165, 1.54) is 4.68 Å². The monoisotopic (exact) mass is 429 g/mol. The molecule has 0 bridgehead atoms. The minimum Gasteiger partial charge on any atom is -0.326 e. The summed E-state index contributed by atoms with van der Waals surface area (Å²) in [5, 5.41) is 12.8. The van der Waals surface area contributed by atoms with Crippen molar-refractivity contribution >= 4 is 22.5 Å². The number of nitrogens with zero attached hydrogens (tertiary/aromatic N) is 4. The minimum absolute atomic E-state index is 0.0686. The molecule has 0 spiro atoms. The molecule has 0 fully saturated rings. The zero-order chi connectivity index (χ0) is 22.7. The summed E-state index contributed by atoms with van der Waals surface area (Å²) in [4.78, 5) is 25.5. The van der Waals surface area contributed by atoms with E-state index in [2.05, 4.69) is 22.4 Å². The van der Waals surface area contributed by atoms with Gasteiger partial charge in [0.2, 0.25) is 5.91 Å². The number of rotatable bonds is 7. The highest BCUT2D eigenvalue weighted by atomic mass is 16.1. The largest absolute Gasteiger partial charge is 0.326 e. The Bertz CT molecular complexity index is 1320. The fourth-order valence-electron chi connectivity index (χ4n) is 4.01. The average molecular weight is 430 g/mol. The number of carbonyl (C=O) groups excluding carboxylic acids is 1. The van der Waals surface area contributed by atoms with Crippen molar-refractivity contribution in [3.8, 4) is 5.69 Å². The Morgan fingerprint density at radius 2 is 1.72 bits per heavy atom. The third-order valence-electron chi connectivity index (χ3n) is 5.63. The van der Waals surface area contributed by atoms with Gasteiger partial charge < -0.3 is 5.32 Å². The fraction of sp³-hybridized carbons (Fsp3) is 0.280. The number of aromatic nitrogens is 4. The van der Waals surface area contributed by atoms with Crippen molar-refractivity contribution in [2.75, 3.05) is 5.32 Å². The van der Waals surface area contributed by atoms with Gasteiger partial charge in [-0.15, -0.1) is 0 Å². The summed E-state index contributed by atoms with van der Waals surface area (Å²) in [6, 6.07) is 17.5. The van der Waals surface area contributed by atoms with Crippen LogP contribution < -0.4 is 10.9 Å². The van der Waals surface area contributed by atoms with Crippen molar-refractivity contribution in [3.63, 3.8) is 0 Å². The van der Waals surface area contributed by atoms with Crippen molar-refractivity contribution < 1.29 is 4.79 Å². The highest BCUT2D eigenvalue weighted by Gasteiger charge is 2.17. The quantitative estimate of drug-likeness (QED) is 0.478. The second kappa shape index (κ2) is 9.18. The van der Waals surface area contributed by atoms with Crippen molar-refractivity contribution in [2.24, 2.45) is 0 Å². The smallest absolute Gasteiger partial charge is 0.295 e. The summed E-state index contributed by atoms with van der Waals surface area (Å²) in [6.45, 7) is 6.24. The second-order valence-corrected chi connectivity index (χ2v) is 7.83. The molecule has 0 unspecified atom stereocenters. The fourth-order valence-corrected chi connectivity index (χ4v) is 4.01. The molecule has 2 heterocycles. The molecule has 0 aliphatic heterocycles. The lowest BCUT2D eigenvalue weighted by atomic mass is 10.1. The van der Waals surface area contributed by atoms with Gasteiger partial charge in [-0.2, -0.15) is 10.2 Å². The summed E-state index contributed by atoms with van der Waals surface area (Å²) >= 11 is 0. The molecule has 0 saturated carbocycles. The first-order valence-electron chi connectivity index (χ1n) is 10.9. The van der Waals surface area contributed by atoms with Gasteiger partial charge >= 0.3 is 0 Å². The number of aryl methyl sites for hydroxylation is 4. The van der Waals surface area contributed by atoms with Gasteiger partial charge in [0.15, 0.2) is 5.52 Å². The zero-order valence-electron chi connectivity index (χ0n) is 18.6. The zero-order valence-corrected chi connectivity index (χ0v) is 18.6. The summed E-state index contributed by atoms with van der Waals surface area (Å²) in [5.74, 6) is -0.0686. The summed E-state index contributed by atoms with van der Waals surface area (Å²) < 4.78 is 3.20. The van der Waals surface area contributed by atoms with Crippen LogP contribution in [-0.2, 0) is 17.8 Å². The van der Waals surface area contributed by atoms with Gasteiger partial charge in [0, 0.05) is 18.7 Å². The number of fused-ring (bicyclic) bond motifs is 1. The van der Waals surface area contributed by atoms with E-state index >= 15 is 0 Å². The van der Waals surface area contributed by atoms with Gasteiger partial charge in [-0.3, -0.25) is 9.59 Å². The van der Waals surface area contributed by atoms with E-state index in [0.717, 1.165) is 40.1 Å². The van der Waals surface area contributed by atoms with E-state index in [0.29, 0.717) is 24.9 Å². The molecule has 32 heavy (non-hydrogen) atoms. The summed E-state index contributed by atoms with van der Waals surface area (Å²) in [5.41, 5.74) is 4.64. The molecule has 164 valence electrons. The molecule has 0 radical (unpaired) electrons. The molecule has 7 nitrogen and oxygen atoms in total. The molecule has 1 N–H and O–H groups in total. The van der Waals surface area contributed by atoms with Crippen LogP contribution in [0.15, 0.2) is 59.4 Å². The van der Waals surface area contributed by atoms with Gasteiger partial charge in [-0.1, -0.05) is 43.3 Å². The Kier molecular flexibility index (Phi) is 6.16. The van der Waals surface area contributed by atoms with Crippen LogP contribution in [0, 0.1) is 13.8 Å². The molecule has 1 amide bonds. The van der Waals surface area contributed by atoms with Crippen LogP contribution in [0.4, 0.5) is 5.69 Å². The van der Waals surface area contributed by atoms with Gasteiger partial charge in [0.25, 0.3) is 5.56 Å². The number of nitrogens with one attached hydrogen (secondary N) is 1. The SMILES string of the molecule is CCc1ccccc1NC(=O)CCCn1nc(C)c2c(C)n(-c3ccccc3)nc2c1=O. The topological polar surface area (TPSA) is 81.8 Å². The first-order chi connectivity index (χ1) is 15.5. The molecule has 0 aliphatic carbocycles. The molecule has 2 aromatic heterocycles.